The number of ether oxygens (including phenoxy) is 1. The van der Waals surface area contributed by atoms with E-state index in [-0.39, 0.29) is 30.0 Å². The molecule has 2 unspecified atom stereocenters. The second kappa shape index (κ2) is 10.8. The number of hydrogen-bond acceptors (Lipinski definition) is 9. The minimum Gasteiger partial charge on any atom is -0.474 e. The topological polar surface area (TPSA) is 175 Å². The molecule has 2 fully saturated rings. The van der Waals surface area contributed by atoms with Crippen LogP contribution in [0.1, 0.15) is 82.9 Å². The Morgan fingerprint density at radius 1 is 1.12 bits per heavy atom. The number of hydrogen-bond donors (Lipinski definition) is 5. The molecule has 0 bridgehead atoms. The summed E-state index contributed by atoms with van der Waals surface area (Å²) < 4.78 is 6.62. The molecule has 0 spiro atoms. The lowest BCUT2D eigenvalue weighted by Crippen LogP contribution is -2.54. The van der Waals surface area contributed by atoms with Crippen LogP contribution in [0.25, 0.3) is 10.1 Å². The van der Waals surface area contributed by atoms with Crippen LogP contribution in [-0.2, 0) is 15.1 Å². The maximum atomic E-state index is 14.2. The minimum absolute atomic E-state index is 0.163. The highest BCUT2D eigenvalue weighted by Gasteiger charge is 2.49. The predicted molar refractivity (Wildman–Crippen MR) is 162 cm³/mol. The van der Waals surface area contributed by atoms with Crippen LogP contribution in [0.2, 0.25) is 0 Å². The Hall–Kier alpha value is -3.80. The molecule has 6 rings (SSSR count). The van der Waals surface area contributed by atoms with Crippen LogP contribution in [0.5, 0.6) is 5.88 Å². The van der Waals surface area contributed by atoms with E-state index in [9.17, 15) is 14.4 Å². The number of nitrogen functional groups attached to an aromatic ring is 1. The summed E-state index contributed by atoms with van der Waals surface area (Å²) in [6.45, 7) is 5.40. The molecule has 11 heteroatoms. The summed E-state index contributed by atoms with van der Waals surface area (Å²) in [4.78, 5) is 44.8. The smallest absolute Gasteiger partial charge is 0.262 e. The van der Waals surface area contributed by atoms with Gasteiger partial charge in [0.2, 0.25) is 11.8 Å². The molecule has 10 nitrogen and oxygen atoms in total. The number of anilines is 1. The Kier molecular flexibility index (Phi) is 7.28. The van der Waals surface area contributed by atoms with Gasteiger partial charge in [-0.1, -0.05) is 25.5 Å². The Morgan fingerprint density at radius 2 is 1.83 bits per heavy atom. The number of rotatable bonds is 7. The first-order chi connectivity index (χ1) is 20.1. The van der Waals surface area contributed by atoms with E-state index in [1.54, 1.807) is 18.3 Å². The van der Waals surface area contributed by atoms with Gasteiger partial charge in [-0.05, 0) is 62.3 Å². The van der Waals surface area contributed by atoms with Crippen molar-refractivity contribution in [2.45, 2.75) is 81.6 Å². The summed E-state index contributed by atoms with van der Waals surface area (Å²) in [6.07, 6.45) is 9.46. The Bertz CT molecular complexity index is 1610. The van der Waals surface area contributed by atoms with Gasteiger partial charge >= 0.3 is 0 Å². The Labute approximate surface area is 248 Å². The third-order valence-electron chi connectivity index (χ3n) is 8.97. The molecule has 1 aromatic carbocycles. The second-order valence-corrected chi connectivity index (χ2v) is 12.6. The third-order valence-corrected chi connectivity index (χ3v) is 10.2. The molecule has 0 radical (unpaired) electrons. The van der Waals surface area contributed by atoms with Crippen molar-refractivity contribution in [3.8, 4) is 5.88 Å². The van der Waals surface area contributed by atoms with E-state index in [1.807, 2.05) is 13.0 Å². The van der Waals surface area contributed by atoms with Gasteiger partial charge in [-0.2, -0.15) is 0 Å². The van der Waals surface area contributed by atoms with Crippen LogP contribution < -0.4 is 32.6 Å². The van der Waals surface area contributed by atoms with Crippen molar-refractivity contribution in [2.24, 2.45) is 11.5 Å². The van der Waals surface area contributed by atoms with E-state index in [1.165, 1.54) is 17.4 Å². The fraction of sp³-hybridized carbons (Fsp3) is 0.419. The van der Waals surface area contributed by atoms with Crippen LogP contribution in [0, 0.1) is 6.92 Å². The summed E-state index contributed by atoms with van der Waals surface area (Å²) in [5.41, 5.74) is 21.2. The van der Waals surface area contributed by atoms with E-state index in [2.05, 4.69) is 22.2 Å². The maximum absolute atomic E-state index is 14.2. The van der Waals surface area contributed by atoms with Crippen molar-refractivity contribution < 1.29 is 19.1 Å². The average Bonchev–Trinajstić information content (AvgIpc) is 3.36. The monoisotopic (exact) mass is 588 g/mol. The fourth-order valence-corrected chi connectivity index (χ4v) is 7.65. The zero-order valence-electron chi connectivity index (χ0n) is 23.6. The van der Waals surface area contributed by atoms with E-state index in [0.717, 1.165) is 44.1 Å². The zero-order valence-corrected chi connectivity index (χ0v) is 24.4. The number of aryl methyl sites for hydroxylation is 1. The Balaban J connectivity index is 1.40. The number of carbonyl (C=O) groups is 3. The highest BCUT2D eigenvalue weighted by molar-refractivity contribution is 7.21. The van der Waals surface area contributed by atoms with Crippen LogP contribution in [0.4, 0.5) is 5.69 Å². The van der Waals surface area contributed by atoms with E-state index >= 15 is 0 Å². The lowest BCUT2D eigenvalue weighted by atomic mass is 9.70. The van der Waals surface area contributed by atoms with Gasteiger partial charge in [-0.3, -0.25) is 14.4 Å². The fourth-order valence-electron chi connectivity index (χ4n) is 6.45. The molecule has 0 saturated heterocycles. The standard InChI is InChI=1S/C31H36N6O4S/c1-3-22(38)36-20-9-4-5-10-21(20)37-30(40)28-25-24-17(11-12-19(32)27(24)42-28)31(34,29(39)26(25)33)18-14-35-23(13-15(18)2)41-16-7-6-8-16/h3,11-14,16,20-21,26H,1,4-10,32-34H2,2H3,(H,36,38)(H,37,40)/t20-,21+,26?,31?/m0/s1. The number of nitrogens with two attached hydrogens (primary N) is 3. The van der Waals surface area contributed by atoms with Crippen molar-refractivity contribution in [1.29, 1.82) is 0 Å². The quantitative estimate of drug-likeness (QED) is 0.206. The Morgan fingerprint density at radius 3 is 2.48 bits per heavy atom. The number of nitrogens with zero attached hydrogens (tertiary/aromatic N) is 1. The highest BCUT2D eigenvalue weighted by atomic mass is 32.1. The number of carbonyl (C=O) groups excluding carboxylic acids is 3. The highest BCUT2D eigenvalue weighted by Crippen LogP contribution is 2.50. The summed E-state index contributed by atoms with van der Waals surface area (Å²) in [5, 5.41) is 6.67. The van der Waals surface area contributed by atoms with Gasteiger partial charge in [0, 0.05) is 46.5 Å². The molecule has 0 aliphatic heterocycles. The normalized spacial score (nSPS) is 25.5. The van der Waals surface area contributed by atoms with Gasteiger partial charge in [0.15, 0.2) is 5.78 Å². The molecule has 3 aliphatic rings. The van der Waals surface area contributed by atoms with Gasteiger partial charge in [0.25, 0.3) is 5.91 Å². The van der Waals surface area contributed by atoms with Crippen molar-refractivity contribution in [3.63, 3.8) is 0 Å². The number of ketones is 1. The molecular formula is C31H36N6O4S. The number of benzene rings is 1. The molecule has 4 atom stereocenters. The number of amides is 2. The van der Waals surface area contributed by atoms with Gasteiger partial charge < -0.3 is 32.6 Å². The number of Topliss-reactive ketones (excluding diaryl/α,β-unsaturated/α-hetero) is 1. The first-order valence-corrected chi connectivity index (χ1v) is 15.3. The van der Waals surface area contributed by atoms with Gasteiger partial charge in [0.1, 0.15) is 11.6 Å². The van der Waals surface area contributed by atoms with Crippen LogP contribution >= 0.6 is 11.3 Å². The van der Waals surface area contributed by atoms with Crippen LogP contribution in [0.15, 0.2) is 37.1 Å². The lowest BCUT2D eigenvalue weighted by molar-refractivity contribution is -0.124. The first kappa shape index (κ1) is 28.3. The van der Waals surface area contributed by atoms with Crippen molar-refractivity contribution >= 4 is 44.7 Å². The zero-order chi connectivity index (χ0) is 29.8. The maximum Gasteiger partial charge on any atom is 0.262 e. The van der Waals surface area contributed by atoms with Gasteiger partial charge in [-0.25, -0.2) is 4.98 Å². The summed E-state index contributed by atoms with van der Waals surface area (Å²) in [6, 6.07) is 3.61. The van der Waals surface area contributed by atoms with Gasteiger partial charge in [0.05, 0.1) is 15.6 Å². The SMILES string of the molecule is C=CC(=O)N[C@H]1CCCC[C@H]1NC(=O)c1sc2c(N)ccc3c2c1C(N)C(=O)C3(N)c1cnc(OC2CCC2)cc1C. The largest absolute Gasteiger partial charge is 0.474 e. The molecule has 3 aliphatic carbocycles. The van der Waals surface area contributed by atoms with Crippen molar-refractivity contribution in [2.75, 3.05) is 5.73 Å². The predicted octanol–water partition coefficient (Wildman–Crippen LogP) is 3.25. The number of thiophene rings is 1. The molecule has 2 amide bonds. The molecule has 8 N–H and O–H groups in total. The van der Waals surface area contributed by atoms with E-state index < -0.39 is 17.4 Å². The average molecular weight is 589 g/mol. The molecule has 3 aromatic rings. The van der Waals surface area contributed by atoms with Gasteiger partial charge in [-0.15, -0.1) is 11.3 Å². The minimum atomic E-state index is -1.59. The molecule has 42 heavy (non-hydrogen) atoms. The summed E-state index contributed by atoms with van der Waals surface area (Å²) >= 11 is 1.21. The molecule has 2 aromatic heterocycles. The van der Waals surface area contributed by atoms with Crippen LogP contribution in [-0.4, -0.2) is 40.8 Å². The third kappa shape index (κ3) is 4.56. The molecule has 2 heterocycles. The number of aromatic nitrogens is 1. The van der Waals surface area contributed by atoms with E-state index in [0.29, 0.717) is 49.6 Å². The number of pyridine rings is 1. The summed E-state index contributed by atoms with van der Waals surface area (Å²) in [7, 11) is 0. The molecule has 2 saturated carbocycles. The number of nitrogens with one attached hydrogen (secondary N) is 2. The summed E-state index contributed by atoms with van der Waals surface area (Å²) in [5.74, 6) is -0.570. The second-order valence-electron chi connectivity index (χ2n) is 11.6. The molecule has 220 valence electrons. The first-order valence-electron chi connectivity index (χ1n) is 14.4. The molecular weight excluding hydrogens is 552 g/mol. The van der Waals surface area contributed by atoms with E-state index in [4.69, 9.17) is 21.9 Å². The van der Waals surface area contributed by atoms with Crippen LogP contribution in [0.3, 0.4) is 0 Å². The lowest BCUT2D eigenvalue weighted by Gasteiger charge is -2.37. The van der Waals surface area contributed by atoms with Crippen molar-refractivity contribution in [1.82, 2.24) is 15.6 Å². The van der Waals surface area contributed by atoms with Crippen molar-refractivity contribution in [3.05, 3.63) is 64.2 Å².